The lowest BCUT2D eigenvalue weighted by Gasteiger charge is -2.06. The second-order valence-electron chi connectivity index (χ2n) is 5.54. The quantitative estimate of drug-likeness (QED) is 0.334. The van der Waals surface area contributed by atoms with Gasteiger partial charge in [0.15, 0.2) is 0 Å². The molecule has 130 valence electrons. The highest BCUT2D eigenvalue weighted by molar-refractivity contribution is 5.82. The summed E-state index contributed by atoms with van der Waals surface area (Å²) in [5, 5.41) is 17.7. The van der Waals surface area contributed by atoms with Crippen molar-refractivity contribution in [1.82, 2.24) is 5.43 Å². The monoisotopic (exact) mass is 340 g/mol. The van der Waals surface area contributed by atoms with Crippen molar-refractivity contribution in [3.8, 4) is 0 Å². The summed E-state index contributed by atoms with van der Waals surface area (Å²) >= 11 is 0. The third-order valence-electron chi connectivity index (χ3n) is 3.43. The van der Waals surface area contributed by atoms with Gasteiger partial charge in [-0.3, -0.25) is 14.9 Å². The summed E-state index contributed by atoms with van der Waals surface area (Å²) in [6.07, 6.45) is 2.50. The van der Waals surface area contributed by atoms with E-state index in [1.807, 2.05) is 25.1 Å². The van der Waals surface area contributed by atoms with E-state index in [2.05, 4.69) is 21.9 Å². The lowest BCUT2D eigenvalue weighted by Crippen LogP contribution is -2.18. The van der Waals surface area contributed by atoms with Crippen molar-refractivity contribution in [2.24, 2.45) is 5.10 Å². The predicted molar refractivity (Wildman–Crippen MR) is 97.7 cm³/mol. The number of hydrogen-bond acceptors (Lipinski definition) is 5. The highest BCUT2D eigenvalue weighted by Gasteiger charge is 2.03. The number of carbonyl (C=O) groups is 1. The Morgan fingerprint density at radius 3 is 2.68 bits per heavy atom. The van der Waals surface area contributed by atoms with Gasteiger partial charge in [0.1, 0.15) is 0 Å². The molecule has 0 saturated heterocycles. The molecule has 2 aromatic rings. The van der Waals surface area contributed by atoms with Crippen molar-refractivity contribution < 1.29 is 9.72 Å². The van der Waals surface area contributed by atoms with Crippen LogP contribution in [0.15, 0.2) is 53.6 Å². The molecule has 0 aliphatic carbocycles. The third-order valence-corrected chi connectivity index (χ3v) is 3.43. The summed E-state index contributed by atoms with van der Waals surface area (Å²) in [7, 11) is 0. The first-order chi connectivity index (χ1) is 12.0. The van der Waals surface area contributed by atoms with E-state index in [1.54, 1.807) is 12.1 Å². The Hall–Kier alpha value is -3.22. The molecule has 7 heteroatoms. The average molecular weight is 340 g/mol. The predicted octanol–water partition coefficient (Wildman–Crippen LogP) is 3.25. The van der Waals surface area contributed by atoms with Gasteiger partial charge in [0.25, 0.3) is 5.69 Å². The van der Waals surface area contributed by atoms with E-state index in [4.69, 9.17) is 0 Å². The summed E-state index contributed by atoms with van der Waals surface area (Å²) in [5.41, 5.74) is 5.36. The van der Waals surface area contributed by atoms with E-state index in [1.165, 1.54) is 23.9 Å². The molecular formula is C18H20N4O3. The molecule has 7 nitrogen and oxygen atoms in total. The van der Waals surface area contributed by atoms with Crippen molar-refractivity contribution in [3.05, 3.63) is 69.8 Å². The van der Waals surface area contributed by atoms with E-state index >= 15 is 0 Å². The molecule has 0 aliphatic heterocycles. The second-order valence-corrected chi connectivity index (χ2v) is 5.54. The molecule has 0 heterocycles. The SMILES string of the molecule is Cc1cccc(NCCCC(=O)N/N=C/c2ccc([N+](=O)[O-])cc2)c1. The van der Waals surface area contributed by atoms with Crippen molar-refractivity contribution in [2.45, 2.75) is 19.8 Å². The summed E-state index contributed by atoms with van der Waals surface area (Å²) in [5.74, 6) is -0.177. The van der Waals surface area contributed by atoms with Gasteiger partial charge in [-0.25, -0.2) is 5.43 Å². The first kappa shape index (κ1) is 18.1. The molecule has 0 unspecified atom stereocenters. The van der Waals surface area contributed by atoms with E-state index < -0.39 is 4.92 Å². The Bertz CT molecular complexity index is 757. The van der Waals surface area contributed by atoms with E-state index in [9.17, 15) is 14.9 Å². The standard InChI is InChI=1S/C18H20N4O3/c1-14-4-2-5-16(12-14)19-11-3-6-18(23)21-20-13-15-7-9-17(10-8-15)22(24)25/h2,4-5,7-10,12-13,19H,3,6,11H2,1H3,(H,21,23)/b20-13+. The van der Waals surface area contributed by atoms with E-state index in [0.717, 1.165) is 5.69 Å². The average Bonchev–Trinajstić information content (AvgIpc) is 2.59. The van der Waals surface area contributed by atoms with Gasteiger partial charge in [-0.15, -0.1) is 0 Å². The Labute approximate surface area is 145 Å². The molecule has 2 aromatic carbocycles. The fraction of sp³-hybridized carbons (Fsp3) is 0.222. The lowest BCUT2D eigenvalue weighted by molar-refractivity contribution is -0.384. The molecule has 0 spiro atoms. The van der Waals surface area contributed by atoms with Crippen LogP contribution in [-0.2, 0) is 4.79 Å². The fourth-order valence-corrected chi connectivity index (χ4v) is 2.15. The van der Waals surface area contributed by atoms with Gasteiger partial charge in [0.2, 0.25) is 5.91 Å². The zero-order valence-corrected chi connectivity index (χ0v) is 13.9. The van der Waals surface area contributed by atoms with Crippen LogP contribution >= 0.6 is 0 Å². The Kier molecular flexibility index (Phi) is 6.65. The molecule has 0 saturated carbocycles. The first-order valence-corrected chi connectivity index (χ1v) is 7.91. The van der Waals surface area contributed by atoms with Crippen LogP contribution in [0.25, 0.3) is 0 Å². The molecule has 2 N–H and O–H groups in total. The molecule has 0 aromatic heterocycles. The number of nitro groups is 1. The third kappa shape index (κ3) is 6.42. The van der Waals surface area contributed by atoms with Gasteiger partial charge >= 0.3 is 0 Å². The molecule has 0 aliphatic rings. The summed E-state index contributed by atoms with van der Waals surface area (Å²) < 4.78 is 0. The number of hydrogen-bond donors (Lipinski definition) is 2. The Balaban J connectivity index is 1.67. The number of benzene rings is 2. The van der Waals surface area contributed by atoms with Crippen molar-refractivity contribution in [2.75, 3.05) is 11.9 Å². The van der Waals surface area contributed by atoms with Crippen LogP contribution in [0.3, 0.4) is 0 Å². The number of carbonyl (C=O) groups excluding carboxylic acids is 1. The number of amides is 1. The molecule has 0 bridgehead atoms. The Morgan fingerprint density at radius 2 is 2.00 bits per heavy atom. The molecule has 25 heavy (non-hydrogen) atoms. The number of hydrazone groups is 1. The largest absolute Gasteiger partial charge is 0.385 e. The fourth-order valence-electron chi connectivity index (χ4n) is 2.15. The second kappa shape index (κ2) is 9.17. The molecular weight excluding hydrogens is 320 g/mol. The normalized spacial score (nSPS) is 10.6. The van der Waals surface area contributed by atoms with Crippen LogP contribution in [-0.4, -0.2) is 23.6 Å². The first-order valence-electron chi connectivity index (χ1n) is 7.91. The molecule has 0 atom stereocenters. The van der Waals surface area contributed by atoms with Crippen LogP contribution in [0.2, 0.25) is 0 Å². The van der Waals surface area contributed by atoms with Gasteiger partial charge in [-0.1, -0.05) is 12.1 Å². The summed E-state index contributed by atoms with van der Waals surface area (Å²) in [6.45, 7) is 2.73. The highest BCUT2D eigenvalue weighted by atomic mass is 16.6. The molecule has 0 radical (unpaired) electrons. The zero-order chi connectivity index (χ0) is 18.1. The number of non-ortho nitro benzene ring substituents is 1. The van der Waals surface area contributed by atoms with Crippen molar-refractivity contribution in [1.29, 1.82) is 0 Å². The number of anilines is 1. The number of nitrogens with one attached hydrogen (secondary N) is 2. The highest BCUT2D eigenvalue weighted by Crippen LogP contribution is 2.11. The van der Waals surface area contributed by atoms with Gasteiger partial charge in [0.05, 0.1) is 11.1 Å². The van der Waals surface area contributed by atoms with Crippen LogP contribution in [0.5, 0.6) is 0 Å². The molecule has 0 fully saturated rings. The lowest BCUT2D eigenvalue weighted by atomic mass is 10.2. The summed E-state index contributed by atoms with van der Waals surface area (Å²) in [4.78, 5) is 21.8. The molecule has 1 amide bonds. The van der Waals surface area contributed by atoms with Crippen molar-refractivity contribution in [3.63, 3.8) is 0 Å². The smallest absolute Gasteiger partial charge is 0.269 e. The topological polar surface area (TPSA) is 96.6 Å². The number of aryl methyl sites for hydroxylation is 1. The Morgan fingerprint density at radius 1 is 1.24 bits per heavy atom. The van der Waals surface area contributed by atoms with Crippen LogP contribution < -0.4 is 10.7 Å². The van der Waals surface area contributed by atoms with Crippen LogP contribution in [0, 0.1) is 17.0 Å². The van der Waals surface area contributed by atoms with E-state index in [0.29, 0.717) is 24.9 Å². The minimum atomic E-state index is -0.465. The van der Waals surface area contributed by atoms with Gasteiger partial charge in [0, 0.05) is 30.8 Å². The molecule has 2 rings (SSSR count). The minimum absolute atomic E-state index is 0.0160. The maximum Gasteiger partial charge on any atom is 0.269 e. The summed E-state index contributed by atoms with van der Waals surface area (Å²) in [6, 6.07) is 14.0. The van der Waals surface area contributed by atoms with Crippen LogP contribution in [0.4, 0.5) is 11.4 Å². The zero-order valence-electron chi connectivity index (χ0n) is 13.9. The number of nitrogens with zero attached hydrogens (tertiary/aromatic N) is 2. The van der Waals surface area contributed by atoms with Gasteiger partial charge < -0.3 is 5.32 Å². The minimum Gasteiger partial charge on any atom is -0.385 e. The number of rotatable bonds is 8. The maximum absolute atomic E-state index is 11.7. The van der Waals surface area contributed by atoms with Gasteiger partial charge in [-0.2, -0.15) is 5.10 Å². The maximum atomic E-state index is 11.7. The van der Waals surface area contributed by atoms with Crippen molar-refractivity contribution >= 4 is 23.5 Å². The van der Waals surface area contributed by atoms with E-state index in [-0.39, 0.29) is 11.6 Å². The van der Waals surface area contributed by atoms with Crippen LogP contribution in [0.1, 0.15) is 24.0 Å². The number of nitro benzene ring substituents is 1. The van der Waals surface area contributed by atoms with Gasteiger partial charge in [-0.05, 0) is 48.7 Å².